The minimum absolute atomic E-state index is 0.588. The van der Waals surface area contributed by atoms with E-state index in [4.69, 9.17) is 6.42 Å². The van der Waals surface area contributed by atoms with E-state index < -0.39 is 0 Å². The standard InChI is InChI=1S/C13H18BrN3/c1-4-7-17(6-3)13-11(9-15-5-2)8-12(14)10-16-13/h1,8,10,15H,5-7,9H2,2-3H3. The minimum atomic E-state index is 0.588. The van der Waals surface area contributed by atoms with Crippen molar-refractivity contribution in [3.63, 3.8) is 0 Å². The zero-order valence-corrected chi connectivity index (χ0v) is 11.9. The number of hydrogen-bond donors (Lipinski definition) is 1. The number of nitrogens with one attached hydrogen (secondary N) is 1. The van der Waals surface area contributed by atoms with Crippen LogP contribution in [0.5, 0.6) is 0 Å². The maximum absolute atomic E-state index is 5.38. The summed E-state index contributed by atoms with van der Waals surface area (Å²) in [4.78, 5) is 6.56. The van der Waals surface area contributed by atoms with Crippen LogP contribution in [0.25, 0.3) is 0 Å². The molecule has 1 heterocycles. The predicted octanol–water partition coefficient (Wildman–Crippen LogP) is 2.41. The maximum atomic E-state index is 5.38. The van der Waals surface area contributed by atoms with Gasteiger partial charge in [-0.3, -0.25) is 0 Å². The first-order chi connectivity index (χ1) is 8.22. The summed E-state index contributed by atoms with van der Waals surface area (Å²) in [7, 11) is 0. The highest BCUT2D eigenvalue weighted by Gasteiger charge is 2.10. The van der Waals surface area contributed by atoms with Gasteiger partial charge >= 0.3 is 0 Å². The largest absolute Gasteiger partial charge is 0.345 e. The van der Waals surface area contributed by atoms with Gasteiger partial charge in [0.05, 0.1) is 6.54 Å². The van der Waals surface area contributed by atoms with E-state index in [9.17, 15) is 0 Å². The summed E-state index contributed by atoms with van der Waals surface area (Å²) in [6, 6.07) is 2.09. The van der Waals surface area contributed by atoms with Gasteiger partial charge in [0.25, 0.3) is 0 Å². The molecule has 3 nitrogen and oxygen atoms in total. The summed E-state index contributed by atoms with van der Waals surface area (Å²) in [6.07, 6.45) is 7.19. The fourth-order valence-electron chi connectivity index (χ4n) is 1.60. The van der Waals surface area contributed by atoms with Gasteiger partial charge in [-0.2, -0.15) is 0 Å². The number of rotatable bonds is 6. The number of halogens is 1. The lowest BCUT2D eigenvalue weighted by Crippen LogP contribution is -2.26. The lowest BCUT2D eigenvalue weighted by Gasteiger charge is -2.22. The molecule has 0 unspecified atom stereocenters. The fraction of sp³-hybridized carbons (Fsp3) is 0.462. The summed E-state index contributed by atoms with van der Waals surface area (Å²) in [6.45, 7) is 7.36. The highest BCUT2D eigenvalue weighted by atomic mass is 79.9. The zero-order chi connectivity index (χ0) is 12.7. The molecule has 0 radical (unpaired) electrons. The Bertz CT molecular complexity index is 398. The van der Waals surface area contributed by atoms with E-state index in [1.165, 1.54) is 5.56 Å². The van der Waals surface area contributed by atoms with Crippen LogP contribution in [0, 0.1) is 12.3 Å². The van der Waals surface area contributed by atoms with Crippen molar-refractivity contribution in [1.82, 2.24) is 10.3 Å². The molecule has 1 N–H and O–H groups in total. The number of aromatic nitrogens is 1. The van der Waals surface area contributed by atoms with Crippen molar-refractivity contribution in [1.29, 1.82) is 0 Å². The van der Waals surface area contributed by atoms with E-state index in [0.717, 1.165) is 29.9 Å². The molecular weight excluding hydrogens is 278 g/mol. The van der Waals surface area contributed by atoms with E-state index in [-0.39, 0.29) is 0 Å². The van der Waals surface area contributed by atoms with Crippen molar-refractivity contribution in [2.24, 2.45) is 0 Å². The van der Waals surface area contributed by atoms with Gasteiger partial charge in [0, 0.05) is 29.3 Å². The number of pyridine rings is 1. The smallest absolute Gasteiger partial charge is 0.133 e. The van der Waals surface area contributed by atoms with Gasteiger partial charge in [-0.25, -0.2) is 4.98 Å². The molecule has 0 aromatic carbocycles. The Hall–Kier alpha value is -1.05. The van der Waals surface area contributed by atoms with Crippen molar-refractivity contribution in [2.45, 2.75) is 20.4 Å². The van der Waals surface area contributed by atoms with E-state index in [1.54, 1.807) is 0 Å². The molecule has 0 fully saturated rings. The lowest BCUT2D eigenvalue weighted by atomic mass is 10.2. The molecule has 0 amide bonds. The molecule has 0 aliphatic carbocycles. The summed E-state index contributed by atoms with van der Waals surface area (Å²) >= 11 is 3.45. The molecule has 0 saturated carbocycles. The van der Waals surface area contributed by atoms with E-state index in [0.29, 0.717) is 6.54 Å². The molecule has 0 aliphatic heterocycles. The van der Waals surface area contributed by atoms with Gasteiger partial charge in [0.15, 0.2) is 0 Å². The average Bonchev–Trinajstić information content (AvgIpc) is 2.34. The van der Waals surface area contributed by atoms with E-state index in [1.807, 2.05) is 6.20 Å². The SMILES string of the molecule is C#CCN(CC)c1ncc(Br)cc1CNCC. The van der Waals surface area contributed by atoms with Crippen LogP contribution in [0.1, 0.15) is 19.4 Å². The first-order valence-electron chi connectivity index (χ1n) is 5.76. The minimum Gasteiger partial charge on any atom is -0.345 e. The molecule has 0 spiro atoms. The third-order valence-electron chi connectivity index (χ3n) is 2.44. The van der Waals surface area contributed by atoms with Crippen molar-refractivity contribution < 1.29 is 0 Å². The van der Waals surface area contributed by atoms with Crippen LogP contribution in [0.3, 0.4) is 0 Å². The molecule has 1 aromatic heterocycles. The molecule has 92 valence electrons. The van der Waals surface area contributed by atoms with Crippen LogP contribution in [-0.4, -0.2) is 24.6 Å². The average molecular weight is 296 g/mol. The molecule has 1 rings (SSSR count). The van der Waals surface area contributed by atoms with Crippen LogP contribution in [0.2, 0.25) is 0 Å². The maximum Gasteiger partial charge on any atom is 0.133 e. The number of terminal acetylenes is 1. The van der Waals surface area contributed by atoms with Crippen molar-refractivity contribution in [3.05, 3.63) is 22.3 Å². The van der Waals surface area contributed by atoms with Crippen LogP contribution < -0.4 is 10.2 Å². The van der Waals surface area contributed by atoms with Gasteiger partial charge in [0.2, 0.25) is 0 Å². The normalized spacial score (nSPS) is 10.0. The summed E-state index contributed by atoms with van der Waals surface area (Å²) in [5, 5.41) is 3.31. The van der Waals surface area contributed by atoms with E-state index >= 15 is 0 Å². The van der Waals surface area contributed by atoms with Gasteiger partial charge in [-0.1, -0.05) is 12.8 Å². The van der Waals surface area contributed by atoms with Crippen LogP contribution in [0.15, 0.2) is 16.7 Å². The Kier molecular flexibility index (Phi) is 6.03. The van der Waals surface area contributed by atoms with Gasteiger partial charge in [-0.15, -0.1) is 6.42 Å². The quantitative estimate of drug-likeness (QED) is 0.817. The van der Waals surface area contributed by atoms with Gasteiger partial charge < -0.3 is 10.2 Å². The number of nitrogens with zero attached hydrogens (tertiary/aromatic N) is 2. The predicted molar refractivity (Wildman–Crippen MR) is 76.0 cm³/mol. The molecule has 1 aromatic rings. The topological polar surface area (TPSA) is 28.2 Å². The third kappa shape index (κ3) is 4.03. The Morgan fingerprint density at radius 1 is 1.53 bits per heavy atom. The third-order valence-corrected chi connectivity index (χ3v) is 2.87. The lowest BCUT2D eigenvalue weighted by molar-refractivity contribution is 0.718. The van der Waals surface area contributed by atoms with Crippen LogP contribution in [0.4, 0.5) is 5.82 Å². The zero-order valence-electron chi connectivity index (χ0n) is 10.3. The van der Waals surface area contributed by atoms with E-state index in [2.05, 4.69) is 57.0 Å². The second-order valence-electron chi connectivity index (χ2n) is 3.63. The Morgan fingerprint density at radius 2 is 2.29 bits per heavy atom. The number of hydrogen-bond acceptors (Lipinski definition) is 3. The highest BCUT2D eigenvalue weighted by Crippen LogP contribution is 2.21. The fourth-order valence-corrected chi connectivity index (χ4v) is 1.97. The molecule has 0 atom stereocenters. The Labute approximate surface area is 112 Å². The van der Waals surface area contributed by atoms with Crippen LogP contribution in [-0.2, 0) is 6.54 Å². The molecule has 17 heavy (non-hydrogen) atoms. The van der Waals surface area contributed by atoms with Gasteiger partial charge in [-0.05, 0) is 35.5 Å². The second kappa shape index (κ2) is 7.31. The molecular formula is C13H18BrN3. The molecule has 4 heteroatoms. The first-order valence-corrected chi connectivity index (χ1v) is 6.55. The molecule has 0 bridgehead atoms. The summed E-state index contributed by atoms with van der Waals surface area (Å²) < 4.78 is 0.992. The van der Waals surface area contributed by atoms with Crippen molar-refractivity contribution in [3.8, 4) is 12.3 Å². The Morgan fingerprint density at radius 3 is 2.88 bits per heavy atom. The molecule has 0 aliphatic rings. The first kappa shape index (κ1) is 14.0. The number of anilines is 1. The van der Waals surface area contributed by atoms with Crippen LogP contribution >= 0.6 is 15.9 Å². The van der Waals surface area contributed by atoms with Crippen molar-refractivity contribution in [2.75, 3.05) is 24.5 Å². The monoisotopic (exact) mass is 295 g/mol. The van der Waals surface area contributed by atoms with Crippen molar-refractivity contribution >= 4 is 21.7 Å². The Balaban J connectivity index is 2.99. The summed E-state index contributed by atoms with van der Waals surface area (Å²) in [5.41, 5.74) is 1.17. The highest BCUT2D eigenvalue weighted by molar-refractivity contribution is 9.10. The second-order valence-corrected chi connectivity index (χ2v) is 4.55. The molecule has 0 saturated heterocycles. The summed E-state index contributed by atoms with van der Waals surface area (Å²) in [5.74, 6) is 3.64. The van der Waals surface area contributed by atoms with Gasteiger partial charge in [0.1, 0.15) is 5.82 Å².